The van der Waals surface area contributed by atoms with Crippen molar-refractivity contribution in [2.24, 2.45) is 0 Å². The summed E-state index contributed by atoms with van der Waals surface area (Å²) >= 11 is 2.63. The second-order valence-electron chi connectivity index (χ2n) is 7.48. The highest BCUT2D eigenvalue weighted by Gasteiger charge is 2.18. The Kier molecular flexibility index (Phi) is 5.72. The molecule has 8 nitrogen and oxygen atoms in total. The number of methoxy groups -OCH3 is 1. The molecular weight excluding hydrogens is 477 g/mol. The van der Waals surface area contributed by atoms with E-state index in [-0.39, 0.29) is 11.7 Å². The van der Waals surface area contributed by atoms with Crippen molar-refractivity contribution in [3.8, 4) is 11.3 Å². The number of fused-ring (bicyclic) bond motifs is 1. The molecule has 172 valence electrons. The molecule has 1 aromatic carbocycles. The SMILES string of the molecule is COC(=O)c1cc(-c2csc(NC(=O)c3cc4c(C)nn(Cc5ccc(F)cc5)c4s3)n2)c[nH]1. The highest BCUT2D eigenvalue weighted by atomic mass is 32.1. The van der Waals surface area contributed by atoms with Gasteiger partial charge in [-0.05, 0) is 36.8 Å². The van der Waals surface area contributed by atoms with Gasteiger partial charge in [0.2, 0.25) is 0 Å². The zero-order valence-electron chi connectivity index (χ0n) is 18.1. The topological polar surface area (TPSA) is 102 Å². The number of thiophene rings is 1. The number of nitrogens with one attached hydrogen (secondary N) is 2. The number of esters is 1. The summed E-state index contributed by atoms with van der Waals surface area (Å²) in [6, 6.07) is 9.75. The van der Waals surface area contributed by atoms with Gasteiger partial charge in [0.15, 0.2) is 5.13 Å². The van der Waals surface area contributed by atoms with E-state index in [2.05, 4.69) is 20.4 Å². The number of carbonyl (C=O) groups excluding carboxylic acids is 2. The second kappa shape index (κ2) is 8.84. The van der Waals surface area contributed by atoms with E-state index in [1.54, 1.807) is 29.8 Å². The minimum Gasteiger partial charge on any atom is -0.464 e. The van der Waals surface area contributed by atoms with Crippen LogP contribution in [0.15, 0.2) is 48.0 Å². The van der Waals surface area contributed by atoms with E-state index in [0.29, 0.717) is 27.9 Å². The van der Waals surface area contributed by atoms with Crippen LogP contribution >= 0.6 is 22.7 Å². The van der Waals surface area contributed by atoms with E-state index in [9.17, 15) is 14.0 Å². The first-order valence-electron chi connectivity index (χ1n) is 10.2. The maximum Gasteiger partial charge on any atom is 0.354 e. The third kappa shape index (κ3) is 4.22. The molecular formula is C23H18FN5O3S2. The molecule has 34 heavy (non-hydrogen) atoms. The Morgan fingerprint density at radius 2 is 2.03 bits per heavy atom. The molecule has 0 saturated heterocycles. The van der Waals surface area contributed by atoms with Crippen molar-refractivity contribution in [2.75, 3.05) is 12.4 Å². The van der Waals surface area contributed by atoms with Crippen LogP contribution in [0.1, 0.15) is 31.4 Å². The Bertz CT molecular complexity index is 1510. The lowest BCUT2D eigenvalue weighted by molar-refractivity contribution is 0.0594. The van der Waals surface area contributed by atoms with Crippen molar-refractivity contribution in [3.63, 3.8) is 0 Å². The molecule has 2 N–H and O–H groups in total. The fourth-order valence-corrected chi connectivity index (χ4v) is 5.26. The molecule has 4 heterocycles. The van der Waals surface area contributed by atoms with E-state index in [4.69, 9.17) is 4.74 Å². The van der Waals surface area contributed by atoms with Crippen molar-refractivity contribution in [2.45, 2.75) is 13.5 Å². The van der Waals surface area contributed by atoms with Crippen molar-refractivity contribution in [1.82, 2.24) is 19.7 Å². The molecule has 11 heteroatoms. The molecule has 0 radical (unpaired) electrons. The minimum atomic E-state index is -0.465. The maximum absolute atomic E-state index is 13.2. The number of hydrogen-bond donors (Lipinski definition) is 2. The lowest BCUT2D eigenvalue weighted by Gasteiger charge is -2.03. The number of H-pyrrole nitrogens is 1. The van der Waals surface area contributed by atoms with Gasteiger partial charge in [-0.1, -0.05) is 12.1 Å². The van der Waals surface area contributed by atoms with E-state index in [1.165, 1.54) is 41.9 Å². The number of aromatic amines is 1. The zero-order valence-corrected chi connectivity index (χ0v) is 19.7. The Hall–Kier alpha value is -3.83. The van der Waals surface area contributed by atoms with Crippen molar-refractivity contribution < 1.29 is 18.7 Å². The summed E-state index contributed by atoms with van der Waals surface area (Å²) in [6.07, 6.45) is 1.66. The van der Waals surface area contributed by atoms with Gasteiger partial charge in [0, 0.05) is 22.5 Å². The van der Waals surface area contributed by atoms with Gasteiger partial charge in [-0.3, -0.25) is 14.8 Å². The minimum absolute atomic E-state index is 0.265. The van der Waals surface area contributed by atoms with Crippen LogP contribution in [0.5, 0.6) is 0 Å². The lowest BCUT2D eigenvalue weighted by Crippen LogP contribution is -2.09. The first kappa shape index (κ1) is 22.0. The third-order valence-corrected chi connectivity index (χ3v) is 7.09. The number of aryl methyl sites for hydroxylation is 1. The Morgan fingerprint density at radius 3 is 2.79 bits per heavy atom. The molecule has 0 aliphatic rings. The summed E-state index contributed by atoms with van der Waals surface area (Å²) in [5.41, 5.74) is 3.41. The Balaban J connectivity index is 1.34. The molecule has 5 aromatic rings. The predicted molar refractivity (Wildman–Crippen MR) is 129 cm³/mol. The number of thiazole rings is 1. The largest absolute Gasteiger partial charge is 0.464 e. The molecule has 0 spiro atoms. The molecule has 0 unspecified atom stereocenters. The second-order valence-corrected chi connectivity index (χ2v) is 9.37. The van der Waals surface area contributed by atoms with Crippen LogP contribution in [0.4, 0.5) is 9.52 Å². The molecule has 1 amide bonds. The number of carbonyl (C=O) groups is 2. The molecule has 0 atom stereocenters. The van der Waals surface area contributed by atoms with Crippen molar-refractivity contribution >= 4 is 49.9 Å². The van der Waals surface area contributed by atoms with Gasteiger partial charge in [-0.2, -0.15) is 5.10 Å². The van der Waals surface area contributed by atoms with Crippen molar-refractivity contribution in [1.29, 1.82) is 0 Å². The average molecular weight is 496 g/mol. The highest BCUT2D eigenvalue weighted by Crippen LogP contribution is 2.31. The van der Waals surface area contributed by atoms with Gasteiger partial charge < -0.3 is 9.72 Å². The van der Waals surface area contributed by atoms with E-state index in [1.807, 2.05) is 17.7 Å². The van der Waals surface area contributed by atoms with Crippen LogP contribution in [-0.2, 0) is 11.3 Å². The molecule has 0 aliphatic carbocycles. The summed E-state index contributed by atoms with van der Waals surface area (Å²) in [5.74, 6) is -1.02. The van der Waals surface area contributed by atoms with Gasteiger partial charge in [-0.15, -0.1) is 22.7 Å². The first-order valence-corrected chi connectivity index (χ1v) is 11.9. The van der Waals surface area contributed by atoms with Gasteiger partial charge in [0.1, 0.15) is 16.3 Å². The molecule has 0 saturated carbocycles. The molecule has 4 aromatic heterocycles. The molecule has 0 bridgehead atoms. The number of nitrogens with zero attached hydrogens (tertiary/aromatic N) is 3. The standard InChI is InChI=1S/C23H18FN5O3S2/c1-12-16-8-19(34-21(16)29(28-12)10-13-3-5-15(24)6-4-13)20(30)27-23-26-18(11-33-23)14-7-17(25-9-14)22(31)32-2/h3-9,11,25H,10H2,1-2H3,(H,26,27,30). The molecule has 0 fully saturated rings. The number of anilines is 1. The van der Waals surface area contributed by atoms with Gasteiger partial charge in [-0.25, -0.2) is 14.2 Å². The monoisotopic (exact) mass is 495 g/mol. The summed E-state index contributed by atoms with van der Waals surface area (Å²) in [5, 5.41) is 10.6. The quantitative estimate of drug-likeness (QED) is 0.320. The number of aromatic nitrogens is 4. The van der Waals surface area contributed by atoms with Crippen LogP contribution in [0.25, 0.3) is 21.5 Å². The van der Waals surface area contributed by atoms with Crippen LogP contribution in [-0.4, -0.2) is 38.7 Å². The van der Waals surface area contributed by atoms with Crippen molar-refractivity contribution in [3.05, 3.63) is 75.6 Å². The fraction of sp³-hybridized carbons (Fsp3) is 0.130. The molecule has 0 aliphatic heterocycles. The average Bonchev–Trinajstić information content (AvgIpc) is 3.60. The highest BCUT2D eigenvalue weighted by molar-refractivity contribution is 7.20. The fourth-order valence-electron chi connectivity index (χ4n) is 3.49. The number of amides is 1. The van der Waals surface area contributed by atoms with Crippen LogP contribution in [0.2, 0.25) is 0 Å². The lowest BCUT2D eigenvalue weighted by atomic mass is 10.2. The van der Waals surface area contributed by atoms with Crippen LogP contribution in [0, 0.1) is 12.7 Å². The summed E-state index contributed by atoms with van der Waals surface area (Å²) in [4.78, 5) is 33.3. The van der Waals surface area contributed by atoms with Crippen LogP contribution < -0.4 is 5.32 Å². The maximum atomic E-state index is 13.2. The van der Waals surface area contributed by atoms with Gasteiger partial charge in [0.05, 0.1) is 29.9 Å². The number of rotatable bonds is 6. The number of ether oxygens (including phenoxy) is 1. The zero-order chi connectivity index (χ0) is 23.8. The Morgan fingerprint density at radius 1 is 1.24 bits per heavy atom. The van der Waals surface area contributed by atoms with E-state index >= 15 is 0 Å². The van der Waals surface area contributed by atoms with E-state index in [0.717, 1.165) is 27.0 Å². The first-order chi connectivity index (χ1) is 16.4. The summed E-state index contributed by atoms with van der Waals surface area (Å²) in [6.45, 7) is 2.37. The summed E-state index contributed by atoms with van der Waals surface area (Å²) < 4.78 is 19.7. The van der Waals surface area contributed by atoms with E-state index < -0.39 is 5.97 Å². The molecule has 5 rings (SSSR count). The van der Waals surface area contributed by atoms with Crippen LogP contribution in [0.3, 0.4) is 0 Å². The number of benzene rings is 1. The third-order valence-electron chi connectivity index (χ3n) is 5.19. The Labute approximate surface area is 201 Å². The normalized spacial score (nSPS) is 11.1. The summed E-state index contributed by atoms with van der Waals surface area (Å²) in [7, 11) is 1.31. The predicted octanol–water partition coefficient (Wildman–Crippen LogP) is 5.08. The smallest absolute Gasteiger partial charge is 0.354 e. The van der Waals surface area contributed by atoms with Gasteiger partial charge >= 0.3 is 5.97 Å². The number of halogens is 1. The number of hydrogen-bond acceptors (Lipinski definition) is 7. The van der Waals surface area contributed by atoms with Gasteiger partial charge in [0.25, 0.3) is 5.91 Å².